The number of rotatable bonds is 5. The van der Waals surface area contributed by atoms with Crippen LogP contribution >= 0.6 is 34.3 Å². The molecule has 3 N–H and O–H groups in total. The zero-order chi connectivity index (χ0) is 14.8. The average molecular weight is 351 g/mol. The van der Waals surface area contributed by atoms with Gasteiger partial charge in [-0.2, -0.15) is 0 Å². The summed E-state index contributed by atoms with van der Waals surface area (Å²) < 4.78 is 22.4. The van der Waals surface area contributed by atoms with E-state index in [2.05, 4.69) is 5.32 Å². The van der Waals surface area contributed by atoms with Crippen LogP contribution in [0.5, 0.6) is 0 Å². The number of carbonyl (C=O) groups is 1. The molecule has 20 heavy (non-hydrogen) atoms. The van der Waals surface area contributed by atoms with E-state index in [0.717, 1.165) is 16.2 Å². The second-order valence-electron chi connectivity index (χ2n) is 3.87. The molecule has 0 spiro atoms. The van der Waals surface area contributed by atoms with Gasteiger partial charge in [-0.15, -0.1) is 22.7 Å². The number of halogens is 1. The first-order chi connectivity index (χ1) is 9.38. The van der Waals surface area contributed by atoms with Crippen molar-refractivity contribution in [3.05, 3.63) is 38.4 Å². The minimum absolute atomic E-state index is 0.125. The van der Waals surface area contributed by atoms with Gasteiger partial charge in [0.25, 0.3) is 5.91 Å². The summed E-state index contributed by atoms with van der Waals surface area (Å²) in [4.78, 5) is 13.1. The van der Waals surface area contributed by atoms with Gasteiger partial charge in [0.1, 0.15) is 9.09 Å². The van der Waals surface area contributed by atoms with Crippen LogP contribution in [-0.2, 0) is 16.4 Å². The second-order valence-corrected chi connectivity index (χ2v) is 8.15. The molecule has 0 unspecified atom stereocenters. The Morgan fingerprint density at radius 1 is 1.35 bits per heavy atom. The quantitative estimate of drug-likeness (QED) is 0.865. The molecule has 0 aliphatic carbocycles. The molecule has 0 saturated carbocycles. The zero-order valence-corrected chi connectivity index (χ0v) is 13.3. The summed E-state index contributed by atoms with van der Waals surface area (Å²) in [6.07, 6.45) is 0.537. The van der Waals surface area contributed by atoms with Crippen LogP contribution in [0.4, 0.5) is 0 Å². The van der Waals surface area contributed by atoms with Gasteiger partial charge in [-0.1, -0.05) is 11.6 Å². The van der Waals surface area contributed by atoms with Gasteiger partial charge in [0.15, 0.2) is 0 Å². The zero-order valence-electron chi connectivity index (χ0n) is 10.1. The molecule has 2 aromatic heterocycles. The molecular formula is C11H11ClN2O3S3. The predicted octanol–water partition coefficient (Wildman–Crippen LogP) is 2.08. The number of carbonyl (C=O) groups excluding carboxylic acids is 1. The molecule has 0 aliphatic rings. The molecule has 9 heteroatoms. The molecule has 0 radical (unpaired) electrons. The van der Waals surface area contributed by atoms with E-state index in [0.29, 0.717) is 22.9 Å². The first kappa shape index (κ1) is 15.5. The summed E-state index contributed by atoms with van der Waals surface area (Å²) in [5.41, 5.74) is 0. The van der Waals surface area contributed by atoms with Crippen molar-refractivity contribution in [1.82, 2.24) is 5.32 Å². The largest absolute Gasteiger partial charge is 0.351 e. The molecule has 108 valence electrons. The summed E-state index contributed by atoms with van der Waals surface area (Å²) in [6, 6.07) is 4.82. The van der Waals surface area contributed by atoms with Crippen LogP contribution in [-0.4, -0.2) is 20.9 Å². The lowest BCUT2D eigenvalue weighted by atomic mass is 10.3. The molecule has 2 rings (SSSR count). The first-order valence-electron chi connectivity index (χ1n) is 5.50. The maximum Gasteiger partial charge on any atom is 0.262 e. The maximum absolute atomic E-state index is 11.8. The van der Waals surface area contributed by atoms with Crippen LogP contribution in [0.2, 0.25) is 5.02 Å². The standard InChI is InChI=1S/C11H11ClN2O3S3/c12-8-4-6-18-10(8)11(15)14-5-3-7-1-2-9(19-7)20(13,16)17/h1-2,4,6H,3,5H2,(H,14,15)(H2,13,16,17). The van der Waals surface area contributed by atoms with Crippen molar-refractivity contribution in [2.75, 3.05) is 6.54 Å². The lowest BCUT2D eigenvalue weighted by molar-refractivity contribution is 0.0958. The van der Waals surface area contributed by atoms with Gasteiger partial charge in [0, 0.05) is 11.4 Å². The van der Waals surface area contributed by atoms with E-state index in [9.17, 15) is 13.2 Å². The Balaban J connectivity index is 1.89. The second kappa shape index (κ2) is 6.23. The van der Waals surface area contributed by atoms with Gasteiger partial charge in [0.05, 0.1) is 5.02 Å². The highest BCUT2D eigenvalue weighted by atomic mass is 35.5. The van der Waals surface area contributed by atoms with E-state index in [1.165, 1.54) is 17.4 Å². The van der Waals surface area contributed by atoms with E-state index in [1.54, 1.807) is 17.5 Å². The molecule has 0 bridgehead atoms. The minimum Gasteiger partial charge on any atom is -0.351 e. The van der Waals surface area contributed by atoms with Gasteiger partial charge in [0.2, 0.25) is 10.0 Å². The Hall–Kier alpha value is -0.930. The van der Waals surface area contributed by atoms with Crippen molar-refractivity contribution in [3.8, 4) is 0 Å². The van der Waals surface area contributed by atoms with Gasteiger partial charge >= 0.3 is 0 Å². The number of hydrogen-bond donors (Lipinski definition) is 2. The Bertz CT molecular complexity index is 721. The molecule has 1 amide bonds. The molecule has 2 heterocycles. The first-order valence-corrected chi connectivity index (χ1v) is 9.12. The Kier molecular flexibility index (Phi) is 4.82. The number of hydrogen-bond acceptors (Lipinski definition) is 5. The molecule has 0 aromatic carbocycles. The van der Waals surface area contributed by atoms with Gasteiger partial charge in [-0.25, -0.2) is 13.6 Å². The number of primary sulfonamides is 1. The van der Waals surface area contributed by atoms with Crippen LogP contribution in [0.15, 0.2) is 27.8 Å². The highest BCUT2D eigenvalue weighted by Crippen LogP contribution is 2.22. The number of thiophene rings is 2. The molecule has 2 aromatic rings. The Morgan fingerprint density at radius 2 is 2.10 bits per heavy atom. The van der Waals surface area contributed by atoms with Crippen LogP contribution in [0.25, 0.3) is 0 Å². The van der Waals surface area contributed by atoms with Crippen molar-refractivity contribution in [1.29, 1.82) is 0 Å². The fraction of sp³-hybridized carbons (Fsp3) is 0.182. The van der Waals surface area contributed by atoms with Gasteiger partial charge < -0.3 is 5.32 Å². The van der Waals surface area contributed by atoms with Crippen molar-refractivity contribution in [2.45, 2.75) is 10.6 Å². The summed E-state index contributed by atoms with van der Waals surface area (Å²) in [7, 11) is -3.65. The van der Waals surface area contributed by atoms with Gasteiger partial charge in [-0.3, -0.25) is 4.79 Å². The van der Waals surface area contributed by atoms with Gasteiger partial charge in [-0.05, 0) is 30.0 Å². The van der Waals surface area contributed by atoms with Crippen LogP contribution < -0.4 is 10.5 Å². The third-order valence-corrected chi connectivity index (χ3v) is 6.32. The van der Waals surface area contributed by atoms with E-state index in [-0.39, 0.29) is 10.1 Å². The van der Waals surface area contributed by atoms with Crippen molar-refractivity contribution < 1.29 is 13.2 Å². The van der Waals surface area contributed by atoms with Crippen LogP contribution in [0, 0.1) is 0 Å². The molecule has 0 fully saturated rings. The number of sulfonamides is 1. The Morgan fingerprint density at radius 3 is 2.65 bits per heavy atom. The van der Waals surface area contributed by atoms with Crippen LogP contribution in [0.3, 0.4) is 0 Å². The third-order valence-electron chi connectivity index (χ3n) is 2.40. The van der Waals surface area contributed by atoms with E-state index >= 15 is 0 Å². The van der Waals surface area contributed by atoms with Crippen LogP contribution in [0.1, 0.15) is 14.5 Å². The van der Waals surface area contributed by atoms with E-state index in [1.807, 2.05) is 0 Å². The molecule has 5 nitrogen and oxygen atoms in total. The fourth-order valence-corrected chi connectivity index (χ4v) is 4.32. The molecular weight excluding hydrogens is 340 g/mol. The SMILES string of the molecule is NS(=O)(=O)c1ccc(CCNC(=O)c2sccc2Cl)s1. The molecule has 0 aliphatic heterocycles. The van der Waals surface area contributed by atoms with Crippen molar-refractivity contribution >= 4 is 50.2 Å². The summed E-state index contributed by atoms with van der Waals surface area (Å²) in [5.74, 6) is -0.228. The monoisotopic (exact) mass is 350 g/mol. The fourth-order valence-electron chi connectivity index (χ4n) is 1.48. The highest BCUT2D eigenvalue weighted by molar-refractivity contribution is 7.91. The smallest absolute Gasteiger partial charge is 0.262 e. The lowest BCUT2D eigenvalue weighted by Crippen LogP contribution is -2.24. The predicted molar refractivity (Wildman–Crippen MR) is 81.1 cm³/mol. The van der Waals surface area contributed by atoms with E-state index in [4.69, 9.17) is 16.7 Å². The number of nitrogens with one attached hydrogen (secondary N) is 1. The van der Waals surface area contributed by atoms with E-state index < -0.39 is 10.0 Å². The normalized spacial score (nSPS) is 11.5. The molecule has 0 atom stereocenters. The van der Waals surface area contributed by atoms with Crippen molar-refractivity contribution in [2.24, 2.45) is 5.14 Å². The third kappa shape index (κ3) is 3.80. The Labute approximate surface area is 129 Å². The topological polar surface area (TPSA) is 89.3 Å². The average Bonchev–Trinajstić information content (AvgIpc) is 2.97. The lowest BCUT2D eigenvalue weighted by Gasteiger charge is -2.02. The summed E-state index contributed by atoms with van der Waals surface area (Å²) in [5, 5.41) is 9.94. The highest BCUT2D eigenvalue weighted by Gasteiger charge is 2.13. The summed E-state index contributed by atoms with van der Waals surface area (Å²) >= 11 is 8.23. The number of nitrogens with two attached hydrogens (primary N) is 1. The molecule has 0 saturated heterocycles. The minimum atomic E-state index is -3.65. The van der Waals surface area contributed by atoms with Crippen molar-refractivity contribution in [3.63, 3.8) is 0 Å². The number of amides is 1. The summed E-state index contributed by atoms with van der Waals surface area (Å²) in [6.45, 7) is 0.400. The maximum atomic E-state index is 11.8.